The Bertz CT molecular complexity index is 783. The molecule has 0 aromatic heterocycles. The van der Waals surface area contributed by atoms with Crippen LogP contribution in [0.2, 0.25) is 0 Å². The van der Waals surface area contributed by atoms with E-state index in [1.165, 1.54) is 20.8 Å². The molecule has 1 aromatic rings. The molecule has 0 spiro atoms. The molecule has 0 radical (unpaired) electrons. The van der Waals surface area contributed by atoms with Crippen molar-refractivity contribution in [2.45, 2.75) is 77.7 Å². The van der Waals surface area contributed by atoms with Crippen molar-refractivity contribution in [1.29, 1.82) is 0 Å². The van der Waals surface area contributed by atoms with Gasteiger partial charge in [0, 0.05) is 25.2 Å². The number of ether oxygens (including phenoxy) is 6. The number of alkyl halides is 1. The predicted octanol–water partition coefficient (Wildman–Crippen LogP) is 3.59. The van der Waals surface area contributed by atoms with Gasteiger partial charge in [-0.25, -0.2) is 0 Å². The Morgan fingerprint density at radius 3 is 1.94 bits per heavy atom. The Hall–Kier alpha value is -2.08. The number of esters is 3. The van der Waals surface area contributed by atoms with Crippen molar-refractivity contribution >= 4 is 40.5 Å². The van der Waals surface area contributed by atoms with Gasteiger partial charge in [0.2, 0.25) is 12.4 Å². The third kappa shape index (κ3) is 8.65. The second-order valence-electron chi connectivity index (χ2n) is 7.56. The number of unbranched alkanes of at least 4 members (excludes halogenated alkanes) is 2. The fraction of sp³-hybridized carbons (Fsp3) is 0.609. The summed E-state index contributed by atoms with van der Waals surface area (Å²) in [4.78, 5) is 35.3. The molecule has 0 saturated carbocycles. The van der Waals surface area contributed by atoms with Crippen molar-refractivity contribution in [2.24, 2.45) is 0 Å². The van der Waals surface area contributed by atoms with Crippen LogP contribution in [0.3, 0.4) is 0 Å². The molecule has 2 rings (SSSR count). The number of rotatable bonds is 11. The van der Waals surface area contributed by atoms with E-state index < -0.39 is 48.6 Å². The van der Waals surface area contributed by atoms with Gasteiger partial charge in [-0.15, -0.1) is 0 Å². The monoisotopic (exact) mass is 578 g/mol. The zero-order chi connectivity index (χ0) is 24.4. The van der Waals surface area contributed by atoms with Gasteiger partial charge in [-0.1, -0.05) is 42.4 Å². The molecular weight excluding hydrogens is 547 g/mol. The van der Waals surface area contributed by atoms with E-state index in [0.717, 1.165) is 19.3 Å². The molecular formula is C23H31IO9. The minimum Gasteiger partial charge on any atom is -0.494 e. The van der Waals surface area contributed by atoms with Gasteiger partial charge in [0.1, 0.15) is 17.6 Å². The summed E-state index contributed by atoms with van der Waals surface area (Å²) in [6.07, 6.45) is -1.77. The van der Waals surface area contributed by atoms with Crippen molar-refractivity contribution in [3.8, 4) is 11.5 Å². The Balaban J connectivity index is 2.22. The zero-order valence-corrected chi connectivity index (χ0v) is 21.4. The van der Waals surface area contributed by atoms with E-state index in [-0.39, 0.29) is 0 Å². The molecule has 0 unspecified atom stereocenters. The van der Waals surface area contributed by atoms with Crippen molar-refractivity contribution in [1.82, 2.24) is 0 Å². The summed E-state index contributed by atoms with van der Waals surface area (Å²) < 4.78 is 34.3. The lowest BCUT2D eigenvalue weighted by atomic mass is 9.99. The third-order valence-corrected chi connectivity index (χ3v) is 5.61. The first-order valence-electron chi connectivity index (χ1n) is 10.9. The molecule has 0 amide bonds. The number of hydrogen-bond donors (Lipinski definition) is 0. The number of carbonyl (C=O) groups is 3. The average molecular weight is 578 g/mol. The maximum atomic E-state index is 11.8. The van der Waals surface area contributed by atoms with Gasteiger partial charge < -0.3 is 28.4 Å². The number of halogens is 1. The zero-order valence-electron chi connectivity index (χ0n) is 19.3. The Morgan fingerprint density at radius 2 is 1.39 bits per heavy atom. The van der Waals surface area contributed by atoms with Gasteiger partial charge >= 0.3 is 17.9 Å². The highest BCUT2D eigenvalue weighted by Crippen LogP contribution is 2.31. The maximum Gasteiger partial charge on any atom is 0.303 e. The Morgan fingerprint density at radius 1 is 0.848 bits per heavy atom. The van der Waals surface area contributed by atoms with Crippen LogP contribution in [0.4, 0.5) is 0 Å². The second-order valence-corrected chi connectivity index (χ2v) is 8.44. The number of hydrogen-bond acceptors (Lipinski definition) is 9. The molecule has 0 bridgehead atoms. The van der Waals surface area contributed by atoms with Crippen molar-refractivity contribution in [3.63, 3.8) is 0 Å². The van der Waals surface area contributed by atoms with Crippen molar-refractivity contribution in [2.75, 3.05) is 11.0 Å². The molecule has 1 aromatic carbocycles. The predicted molar refractivity (Wildman–Crippen MR) is 126 cm³/mol. The fourth-order valence-corrected chi connectivity index (χ4v) is 4.07. The summed E-state index contributed by atoms with van der Waals surface area (Å²) >= 11 is 2.07. The quantitative estimate of drug-likeness (QED) is 0.128. The lowest BCUT2D eigenvalue weighted by Gasteiger charge is -2.43. The van der Waals surface area contributed by atoms with E-state index >= 15 is 0 Å². The lowest BCUT2D eigenvalue weighted by molar-refractivity contribution is -0.279. The van der Waals surface area contributed by atoms with Gasteiger partial charge in [0.25, 0.3) is 0 Å². The van der Waals surface area contributed by atoms with Gasteiger partial charge in [-0.05, 0) is 30.7 Å². The highest BCUT2D eigenvalue weighted by molar-refractivity contribution is 14.1. The molecule has 0 N–H and O–H groups in total. The van der Waals surface area contributed by atoms with Crippen LogP contribution in [0.25, 0.3) is 0 Å². The van der Waals surface area contributed by atoms with Crippen LogP contribution in [0.1, 0.15) is 47.0 Å². The summed E-state index contributed by atoms with van der Waals surface area (Å²) in [5.74, 6) is -0.673. The first-order chi connectivity index (χ1) is 15.7. The molecule has 1 heterocycles. The van der Waals surface area contributed by atoms with Crippen LogP contribution in [0.15, 0.2) is 24.3 Å². The van der Waals surface area contributed by atoms with E-state index in [0.29, 0.717) is 22.5 Å². The molecule has 1 aliphatic rings. The number of carbonyl (C=O) groups excluding carboxylic acids is 3. The largest absolute Gasteiger partial charge is 0.494 e. The van der Waals surface area contributed by atoms with Crippen LogP contribution in [0, 0.1) is 0 Å². The highest BCUT2D eigenvalue weighted by atomic mass is 127. The smallest absolute Gasteiger partial charge is 0.303 e. The Labute approximate surface area is 207 Å². The van der Waals surface area contributed by atoms with Gasteiger partial charge in [-0.2, -0.15) is 0 Å². The molecule has 1 aliphatic heterocycles. The molecule has 1 fully saturated rings. The minimum atomic E-state index is -1.15. The van der Waals surface area contributed by atoms with Crippen LogP contribution in [-0.4, -0.2) is 59.6 Å². The van der Waals surface area contributed by atoms with E-state index in [9.17, 15) is 14.4 Å². The SMILES string of the molecule is CCCCCOc1ccc(O[C@@H]2O[C@H](CI)[C@H](OC(C)=O)[C@H](OC(C)=O)[C@@H]2OC(C)=O)cc1. The van der Waals surface area contributed by atoms with Gasteiger partial charge in [-0.3, -0.25) is 14.4 Å². The van der Waals surface area contributed by atoms with Gasteiger partial charge in [0.05, 0.1) is 6.61 Å². The van der Waals surface area contributed by atoms with E-state index in [1.54, 1.807) is 24.3 Å². The summed E-state index contributed by atoms with van der Waals surface area (Å²) in [5.41, 5.74) is 0. The normalized spacial score (nSPS) is 24.5. The van der Waals surface area contributed by atoms with E-state index in [2.05, 4.69) is 29.5 Å². The van der Waals surface area contributed by atoms with Crippen LogP contribution in [0.5, 0.6) is 11.5 Å². The van der Waals surface area contributed by atoms with Crippen molar-refractivity contribution < 1.29 is 42.8 Å². The Kier molecular flexibility index (Phi) is 11.2. The minimum absolute atomic E-state index is 0.407. The number of benzene rings is 1. The summed E-state index contributed by atoms with van der Waals surface area (Å²) in [6.45, 7) is 6.44. The second kappa shape index (κ2) is 13.6. The average Bonchev–Trinajstić information content (AvgIpc) is 2.75. The first kappa shape index (κ1) is 27.2. The molecule has 10 heteroatoms. The fourth-order valence-electron chi connectivity index (χ4n) is 3.36. The summed E-state index contributed by atoms with van der Waals surface area (Å²) in [5, 5.41) is 0. The third-order valence-electron chi connectivity index (χ3n) is 4.74. The highest BCUT2D eigenvalue weighted by Gasteiger charge is 2.52. The van der Waals surface area contributed by atoms with E-state index in [1.807, 2.05) is 0 Å². The lowest BCUT2D eigenvalue weighted by Crippen LogP contribution is -2.63. The van der Waals surface area contributed by atoms with E-state index in [4.69, 9.17) is 28.4 Å². The standard InChI is InChI=1S/C23H31IO9/c1-5-6-7-12-28-17-8-10-18(11-9-17)32-23-22(31-16(4)27)21(30-15(3)26)20(29-14(2)25)19(13-24)33-23/h8-11,19-23H,5-7,12-13H2,1-4H3/t19-,20+,21+,22+,23-/m1/s1. The molecule has 9 nitrogen and oxygen atoms in total. The summed E-state index contributed by atoms with van der Waals surface area (Å²) in [6, 6.07) is 6.96. The van der Waals surface area contributed by atoms with Crippen LogP contribution < -0.4 is 9.47 Å². The molecule has 0 aliphatic carbocycles. The molecule has 5 atom stereocenters. The van der Waals surface area contributed by atoms with Crippen molar-refractivity contribution in [3.05, 3.63) is 24.3 Å². The van der Waals surface area contributed by atoms with Gasteiger partial charge in [0.15, 0.2) is 12.2 Å². The summed E-state index contributed by atoms with van der Waals surface area (Å²) in [7, 11) is 0. The molecule has 1 saturated heterocycles. The van der Waals surface area contributed by atoms with Crippen LogP contribution >= 0.6 is 22.6 Å². The topological polar surface area (TPSA) is 107 Å². The van der Waals surface area contributed by atoms with Crippen LogP contribution in [-0.2, 0) is 33.3 Å². The maximum absolute atomic E-state index is 11.8. The first-order valence-corrected chi connectivity index (χ1v) is 12.4. The molecule has 184 valence electrons. The molecule has 33 heavy (non-hydrogen) atoms.